The molecule has 0 aliphatic heterocycles. The number of ether oxygens (including phenoxy) is 1. The molecule has 78 valence electrons. The summed E-state index contributed by atoms with van der Waals surface area (Å²) in [6.07, 6.45) is 5.07. The predicted molar refractivity (Wildman–Crippen MR) is 53.7 cm³/mol. The van der Waals surface area contributed by atoms with Gasteiger partial charge in [0.05, 0.1) is 18.5 Å². The van der Waals surface area contributed by atoms with Crippen molar-refractivity contribution in [3.63, 3.8) is 0 Å². The second-order valence-electron chi connectivity index (χ2n) is 3.14. The molecule has 0 amide bonds. The van der Waals surface area contributed by atoms with Crippen molar-refractivity contribution in [1.29, 1.82) is 0 Å². The molecule has 0 spiro atoms. The first-order valence-electron chi connectivity index (χ1n) is 4.69. The van der Waals surface area contributed by atoms with Gasteiger partial charge >= 0.3 is 5.97 Å². The average molecular weight is 205 g/mol. The van der Waals surface area contributed by atoms with E-state index in [9.17, 15) is 4.79 Å². The van der Waals surface area contributed by atoms with Crippen molar-refractivity contribution >= 4 is 11.6 Å². The van der Waals surface area contributed by atoms with E-state index in [0.29, 0.717) is 17.9 Å². The molecule has 15 heavy (non-hydrogen) atoms. The van der Waals surface area contributed by atoms with Gasteiger partial charge in [0.2, 0.25) is 0 Å². The molecule has 0 aromatic carbocycles. The van der Waals surface area contributed by atoms with Crippen molar-refractivity contribution in [2.75, 3.05) is 6.61 Å². The SMILES string of the molecule is CCOC(=O)c1cn2cc(C)ncc2n1. The summed E-state index contributed by atoms with van der Waals surface area (Å²) in [4.78, 5) is 19.6. The molecule has 0 N–H and O–H groups in total. The molecule has 5 nitrogen and oxygen atoms in total. The van der Waals surface area contributed by atoms with E-state index in [-0.39, 0.29) is 0 Å². The molecular formula is C10H11N3O2. The number of carbonyl (C=O) groups is 1. The number of imidazole rings is 1. The first-order valence-corrected chi connectivity index (χ1v) is 4.69. The zero-order chi connectivity index (χ0) is 10.8. The summed E-state index contributed by atoms with van der Waals surface area (Å²) < 4.78 is 6.61. The zero-order valence-corrected chi connectivity index (χ0v) is 8.60. The smallest absolute Gasteiger partial charge is 0.358 e. The number of carbonyl (C=O) groups excluding carboxylic acids is 1. The Hall–Kier alpha value is -1.91. The maximum Gasteiger partial charge on any atom is 0.358 e. The van der Waals surface area contributed by atoms with Gasteiger partial charge in [-0.3, -0.25) is 4.98 Å². The minimum atomic E-state index is -0.404. The molecule has 2 rings (SSSR count). The van der Waals surface area contributed by atoms with E-state index < -0.39 is 5.97 Å². The van der Waals surface area contributed by atoms with Gasteiger partial charge in [0.1, 0.15) is 0 Å². The van der Waals surface area contributed by atoms with Gasteiger partial charge < -0.3 is 9.14 Å². The summed E-state index contributed by atoms with van der Waals surface area (Å²) in [5, 5.41) is 0. The second kappa shape index (κ2) is 3.68. The summed E-state index contributed by atoms with van der Waals surface area (Å²) in [5.41, 5.74) is 1.82. The summed E-state index contributed by atoms with van der Waals surface area (Å²) in [5.74, 6) is -0.404. The summed E-state index contributed by atoms with van der Waals surface area (Å²) in [6, 6.07) is 0. The number of aryl methyl sites for hydroxylation is 1. The highest BCUT2D eigenvalue weighted by Gasteiger charge is 2.11. The second-order valence-corrected chi connectivity index (χ2v) is 3.14. The molecule has 0 unspecified atom stereocenters. The normalized spacial score (nSPS) is 10.5. The third-order valence-electron chi connectivity index (χ3n) is 1.96. The Balaban J connectivity index is 2.42. The van der Waals surface area contributed by atoms with Gasteiger partial charge in [-0.15, -0.1) is 0 Å². The summed E-state index contributed by atoms with van der Waals surface area (Å²) >= 11 is 0. The van der Waals surface area contributed by atoms with Crippen LogP contribution in [0.25, 0.3) is 5.65 Å². The van der Waals surface area contributed by atoms with Crippen molar-refractivity contribution < 1.29 is 9.53 Å². The minimum Gasteiger partial charge on any atom is -0.461 e. The highest BCUT2D eigenvalue weighted by molar-refractivity contribution is 5.87. The summed E-state index contributed by atoms with van der Waals surface area (Å²) in [7, 11) is 0. The maximum atomic E-state index is 11.4. The molecule has 2 aromatic rings. The lowest BCUT2D eigenvalue weighted by molar-refractivity contribution is 0.0520. The lowest BCUT2D eigenvalue weighted by Crippen LogP contribution is -2.04. The van der Waals surface area contributed by atoms with E-state index in [0.717, 1.165) is 5.69 Å². The molecule has 0 saturated carbocycles. The van der Waals surface area contributed by atoms with Crippen LogP contribution in [0, 0.1) is 6.92 Å². The molecule has 0 radical (unpaired) electrons. The van der Waals surface area contributed by atoms with Gasteiger partial charge in [-0.25, -0.2) is 9.78 Å². The van der Waals surface area contributed by atoms with Crippen LogP contribution in [0.15, 0.2) is 18.6 Å². The monoisotopic (exact) mass is 205 g/mol. The minimum absolute atomic E-state index is 0.309. The molecule has 0 aliphatic rings. The number of aromatic nitrogens is 3. The van der Waals surface area contributed by atoms with E-state index in [1.54, 1.807) is 23.7 Å². The topological polar surface area (TPSA) is 56.5 Å². The van der Waals surface area contributed by atoms with Crippen LogP contribution in [-0.2, 0) is 4.74 Å². The number of fused-ring (bicyclic) bond motifs is 1. The fraction of sp³-hybridized carbons (Fsp3) is 0.300. The number of hydrogen-bond donors (Lipinski definition) is 0. The lowest BCUT2D eigenvalue weighted by atomic mass is 10.5. The van der Waals surface area contributed by atoms with Crippen LogP contribution in [0.5, 0.6) is 0 Å². The van der Waals surface area contributed by atoms with Crippen LogP contribution in [0.4, 0.5) is 0 Å². The van der Waals surface area contributed by atoms with Crippen molar-refractivity contribution in [1.82, 2.24) is 14.4 Å². The largest absolute Gasteiger partial charge is 0.461 e. The molecule has 0 atom stereocenters. The van der Waals surface area contributed by atoms with Gasteiger partial charge in [-0.05, 0) is 13.8 Å². The molecule has 0 aliphatic carbocycles. The molecule has 2 heterocycles. The van der Waals surface area contributed by atoms with E-state index in [2.05, 4.69) is 9.97 Å². The van der Waals surface area contributed by atoms with Crippen molar-refractivity contribution in [3.05, 3.63) is 30.0 Å². The number of rotatable bonds is 2. The van der Waals surface area contributed by atoms with Crippen LogP contribution < -0.4 is 0 Å². The predicted octanol–water partition coefficient (Wildman–Crippen LogP) is 1.21. The first-order chi connectivity index (χ1) is 7.20. The highest BCUT2D eigenvalue weighted by Crippen LogP contribution is 2.06. The van der Waals surface area contributed by atoms with E-state index in [1.807, 2.05) is 13.1 Å². The summed E-state index contributed by atoms with van der Waals surface area (Å²) in [6.45, 7) is 3.99. The number of nitrogens with zero attached hydrogens (tertiary/aromatic N) is 3. The van der Waals surface area contributed by atoms with E-state index >= 15 is 0 Å². The molecule has 0 bridgehead atoms. The standard InChI is InChI=1S/C10H11N3O2/c1-3-15-10(14)8-6-13-5-7(2)11-4-9(13)12-8/h4-6H,3H2,1-2H3. The molecule has 0 saturated heterocycles. The van der Waals surface area contributed by atoms with Crippen molar-refractivity contribution in [2.24, 2.45) is 0 Å². The fourth-order valence-corrected chi connectivity index (χ4v) is 1.30. The molecule has 0 fully saturated rings. The highest BCUT2D eigenvalue weighted by atomic mass is 16.5. The average Bonchev–Trinajstić information content (AvgIpc) is 2.60. The zero-order valence-electron chi connectivity index (χ0n) is 8.60. The Morgan fingerprint density at radius 3 is 3.07 bits per heavy atom. The lowest BCUT2D eigenvalue weighted by Gasteiger charge is -1.95. The third-order valence-corrected chi connectivity index (χ3v) is 1.96. The third kappa shape index (κ3) is 1.81. The van der Waals surface area contributed by atoms with Crippen LogP contribution in [0.3, 0.4) is 0 Å². The molecule has 2 aromatic heterocycles. The van der Waals surface area contributed by atoms with Gasteiger partial charge in [0, 0.05) is 12.4 Å². The van der Waals surface area contributed by atoms with Crippen LogP contribution in [-0.4, -0.2) is 26.9 Å². The van der Waals surface area contributed by atoms with Crippen molar-refractivity contribution in [2.45, 2.75) is 13.8 Å². The van der Waals surface area contributed by atoms with Gasteiger partial charge in [-0.1, -0.05) is 0 Å². The van der Waals surface area contributed by atoms with E-state index in [1.165, 1.54) is 0 Å². The number of esters is 1. The van der Waals surface area contributed by atoms with E-state index in [4.69, 9.17) is 4.74 Å². The van der Waals surface area contributed by atoms with Crippen molar-refractivity contribution in [3.8, 4) is 0 Å². The Bertz CT molecular complexity index is 504. The molecular weight excluding hydrogens is 194 g/mol. The Kier molecular flexibility index (Phi) is 2.37. The van der Waals surface area contributed by atoms with Crippen LogP contribution >= 0.6 is 0 Å². The Labute approximate surface area is 86.7 Å². The Morgan fingerprint density at radius 1 is 1.53 bits per heavy atom. The van der Waals surface area contributed by atoms with Gasteiger partial charge in [-0.2, -0.15) is 0 Å². The number of hydrogen-bond acceptors (Lipinski definition) is 4. The fourth-order valence-electron chi connectivity index (χ4n) is 1.30. The van der Waals surface area contributed by atoms with Crippen LogP contribution in [0.1, 0.15) is 23.1 Å². The van der Waals surface area contributed by atoms with Crippen LogP contribution in [0.2, 0.25) is 0 Å². The first kappa shape index (κ1) is 9.64. The van der Waals surface area contributed by atoms with Gasteiger partial charge in [0.25, 0.3) is 0 Å². The quantitative estimate of drug-likeness (QED) is 0.691. The van der Waals surface area contributed by atoms with Gasteiger partial charge in [0.15, 0.2) is 11.3 Å². The Morgan fingerprint density at radius 2 is 2.33 bits per heavy atom. The molecule has 5 heteroatoms. The maximum absolute atomic E-state index is 11.4.